The number of benzene rings is 1. The highest BCUT2D eigenvalue weighted by atomic mass is 35.5. The Hall–Kier alpha value is -0.660. The van der Waals surface area contributed by atoms with Crippen molar-refractivity contribution in [3.63, 3.8) is 0 Å². The molecule has 0 heterocycles. The fraction of sp³-hybridized carbons (Fsp3) is 0.571. The van der Waals surface area contributed by atoms with Gasteiger partial charge in [0.1, 0.15) is 0 Å². The summed E-state index contributed by atoms with van der Waals surface area (Å²) < 4.78 is 31.9. The molecule has 0 aliphatic carbocycles. The average molecular weight is 335 g/mol. The molecule has 0 unspecified atom stereocenters. The Morgan fingerprint density at radius 2 is 2.00 bits per heavy atom. The van der Waals surface area contributed by atoms with Crippen LogP contribution < -0.4 is 5.73 Å². The highest BCUT2D eigenvalue weighted by molar-refractivity contribution is 7.89. The van der Waals surface area contributed by atoms with Crippen LogP contribution in [0.15, 0.2) is 17.0 Å². The summed E-state index contributed by atoms with van der Waals surface area (Å²) in [6.45, 7) is 6.42. The molecule has 0 saturated heterocycles. The van der Waals surface area contributed by atoms with Crippen molar-refractivity contribution in [2.45, 2.75) is 38.3 Å². The van der Waals surface area contributed by atoms with Gasteiger partial charge in [0.15, 0.2) is 0 Å². The Kier molecular flexibility index (Phi) is 6.62. The first kappa shape index (κ1) is 18.4. The highest BCUT2D eigenvalue weighted by Crippen LogP contribution is 2.26. The van der Waals surface area contributed by atoms with E-state index in [-0.39, 0.29) is 24.1 Å². The van der Waals surface area contributed by atoms with Gasteiger partial charge in [-0.2, -0.15) is 4.31 Å². The molecule has 0 atom stereocenters. The zero-order valence-electron chi connectivity index (χ0n) is 12.9. The number of likely N-dealkylation sites (N-methyl/N-ethyl adjacent to an activating group) is 1. The first-order chi connectivity index (χ1) is 9.70. The van der Waals surface area contributed by atoms with E-state index in [1.165, 1.54) is 17.4 Å². The molecule has 0 saturated carbocycles. The van der Waals surface area contributed by atoms with Crippen LogP contribution in [0, 0.1) is 6.92 Å². The molecule has 0 aromatic heterocycles. The summed E-state index contributed by atoms with van der Waals surface area (Å²) >= 11 is 5.99. The molecular weight excluding hydrogens is 312 g/mol. The van der Waals surface area contributed by atoms with Crippen LogP contribution >= 0.6 is 11.6 Å². The Morgan fingerprint density at radius 1 is 1.38 bits per heavy atom. The quantitative estimate of drug-likeness (QED) is 0.829. The van der Waals surface area contributed by atoms with Crippen LogP contribution in [0.5, 0.6) is 0 Å². The van der Waals surface area contributed by atoms with Crippen LogP contribution in [0.3, 0.4) is 0 Å². The van der Waals surface area contributed by atoms with E-state index in [2.05, 4.69) is 0 Å². The van der Waals surface area contributed by atoms with Crippen molar-refractivity contribution < 1.29 is 13.2 Å². The van der Waals surface area contributed by atoms with Crippen molar-refractivity contribution in [3.05, 3.63) is 28.3 Å². The lowest BCUT2D eigenvalue weighted by atomic mass is 10.1. The summed E-state index contributed by atoms with van der Waals surface area (Å²) in [4.78, 5) is 0.197. The van der Waals surface area contributed by atoms with E-state index in [0.29, 0.717) is 17.2 Å². The third-order valence-electron chi connectivity index (χ3n) is 3.20. The van der Waals surface area contributed by atoms with Gasteiger partial charge in [-0.1, -0.05) is 11.6 Å². The van der Waals surface area contributed by atoms with E-state index in [0.717, 1.165) is 5.56 Å². The molecule has 0 spiro atoms. The monoisotopic (exact) mass is 334 g/mol. The SMILES string of the molecule is Cc1c(CN)cc(Cl)cc1S(=O)(=O)N(C)CCOC(C)C. The summed E-state index contributed by atoms with van der Waals surface area (Å²) in [5.41, 5.74) is 7.00. The van der Waals surface area contributed by atoms with E-state index in [4.69, 9.17) is 22.1 Å². The van der Waals surface area contributed by atoms with Gasteiger partial charge in [0.2, 0.25) is 10.0 Å². The van der Waals surface area contributed by atoms with Crippen molar-refractivity contribution in [1.82, 2.24) is 4.31 Å². The predicted molar refractivity (Wildman–Crippen MR) is 85.0 cm³/mol. The number of sulfonamides is 1. The Labute approximate surface area is 132 Å². The Bertz CT molecular complexity index is 588. The maximum Gasteiger partial charge on any atom is 0.243 e. The topological polar surface area (TPSA) is 72.6 Å². The number of ether oxygens (including phenoxy) is 1. The first-order valence-corrected chi connectivity index (χ1v) is 8.59. The van der Waals surface area contributed by atoms with Crippen LogP contribution in [0.4, 0.5) is 0 Å². The molecule has 1 aromatic carbocycles. The maximum atomic E-state index is 12.6. The minimum Gasteiger partial charge on any atom is -0.377 e. The first-order valence-electron chi connectivity index (χ1n) is 6.77. The summed E-state index contributed by atoms with van der Waals surface area (Å²) in [5, 5.41) is 0.367. The van der Waals surface area contributed by atoms with Crippen molar-refractivity contribution >= 4 is 21.6 Å². The van der Waals surface area contributed by atoms with E-state index in [1.54, 1.807) is 13.0 Å². The fourth-order valence-corrected chi connectivity index (χ4v) is 3.64. The fourth-order valence-electron chi connectivity index (χ4n) is 1.89. The number of nitrogens with two attached hydrogens (primary N) is 1. The zero-order chi connectivity index (χ0) is 16.2. The van der Waals surface area contributed by atoms with Crippen molar-refractivity contribution in [1.29, 1.82) is 0 Å². The third kappa shape index (κ3) is 4.66. The largest absolute Gasteiger partial charge is 0.377 e. The molecular formula is C14H23ClN2O3S. The molecule has 0 bridgehead atoms. The molecule has 1 rings (SSSR count). The van der Waals surface area contributed by atoms with Gasteiger partial charge in [-0.3, -0.25) is 0 Å². The minimum absolute atomic E-state index is 0.0675. The van der Waals surface area contributed by atoms with Crippen LogP contribution in [0.2, 0.25) is 5.02 Å². The second kappa shape index (κ2) is 7.56. The van der Waals surface area contributed by atoms with Crippen LogP contribution in [-0.2, 0) is 21.3 Å². The Morgan fingerprint density at radius 3 is 2.52 bits per heavy atom. The molecule has 1 aromatic rings. The van der Waals surface area contributed by atoms with Gasteiger partial charge in [-0.25, -0.2) is 8.42 Å². The zero-order valence-corrected chi connectivity index (χ0v) is 14.5. The second-order valence-electron chi connectivity index (χ2n) is 5.14. The van der Waals surface area contributed by atoms with Gasteiger partial charge in [-0.05, 0) is 44.0 Å². The molecule has 5 nitrogen and oxygen atoms in total. The third-order valence-corrected chi connectivity index (χ3v) is 5.40. The van der Waals surface area contributed by atoms with E-state index >= 15 is 0 Å². The molecule has 120 valence electrons. The summed E-state index contributed by atoms with van der Waals surface area (Å²) in [6, 6.07) is 3.16. The predicted octanol–water partition coefficient (Wildman–Crippen LogP) is 2.15. The molecule has 7 heteroatoms. The molecule has 21 heavy (non-hydrogen) atoms. The number of hydrogen-bond acceptors (Lipinski definition) is 4. The van der Waals surface area contributed by atoms with Crippen molar-refractivity contribution in [2.75, 3.05) is 20.2 Å². The summed E-state index contributed by atoms with van der Waals surface area (Å²) in [5.74, 6) is 0. The molecule has 2 N–H and O–H groups in total. The lowest BCUT2D eigenvalue weighted by Gasteiger charge is -2.20. The summed E-state index contributed by atoms with van der Waals surface area (Å²) in [7, 11) is -2.08. The smallest absolute Gasteiger partial charge is 0.243 e. The maximum absolute atomic E-state index is 12.6. The normalized spacial score (nSPS) is 12.4. The lowest BCUT2D eigenvalue weighted by Crippen LogP contribution is -2.31. The number of nitrogens with zero attached hydrogens (tertiary/aromatic N) is 1. The molecule has 0 radical (unpaired) electrons. The van der Waals surface area contributed by atoms with E-state index < -0.39 is 10.0 Å². The second-order valence-corrected chi connectivity index (χ2v) is 7.59. The number of halogens is 1. The minimum atomic E-state index is -3.61. The van der Waals surface area contributed by atoms with Gasteiger partial charge in [-0.15, -0.1) is 0 Å². The van der Waals surface area contributed by atoms with Crippen LogP contribution in [0.1, 0.15) is 25.0 Å². The lowest BCUT2D eigenvalue weighted by molar-refractivity contribution is 0.0737. The molecule has 0 fully saturated rings. The van der Waals surface area contributed by atoms with Gasteiger partial charge in [0, 0.05) is 25.2 Å². The highest BCUT2D eigenvalue weighted by Gasteiger charge is 2.24. The molecule has 0 aliphatic heterocycles. The standard InChI is InChI=1S/C14H23ClN2O3S/c1-10(2)20-6-5-17(4)21(18,19)14-8-13(15)7-12(9-16)11(14)3/h7-8,10H,5-6,9,16H2,1-4H3. The van der Waals surface area contributed by atoms with Crippen LogP contribution in [-0.4, -0.2) is 39.0 Å². The van der Waals surface area contributed by atoms with Crippen molar-refractivity contribution in [2.24, 2.45) is 5.73 Å². The number of hydrogen-bond donors (Lipinski definition) is 1. The average Bonchev–Trinajstić information content (AvgIpc) is 2.40. The van der Waals surface area contributed by atoms with E-state index in [9.17, 15) is 8.42 Å². The number of rotatable bonds is 7. The van der Waals surface area contributed by atoms with Gasteiger partial charge in [0.25, 0.3) is 0 Å². The van der Waals surface area contributed by atoms with Gasteiger partial charge >= 0.3 is 0 Å². The van der Waals surface area contributed by atoms with E-state index in [1.807, 2.05) is 13.8 Å². The Balaban J connectivity index is 3.05. The molecule has 0 aliphatic rings. The summed E-state index contributed by atoms with van der Waals surface area (Å²) in [6.07, 6.45) is 0.0675. The van der Waals surface area contributed by atoms with Gasteiger partial charge < -0.3 is 10.5 Å². The van der Waals surface area contributed by atoms with Gasteiger partial charge in [0.05, 0.1) is 17.6 Å². The van der Waals surface area contributed by atoms with Crippen LogP contribution in [0.25, 0.3) is 0 Å². The van der Waals surface area contributed by atoms with Crippen molar-refractivity contribution in [3.8, 4) is 0 Å². The molecule has 0 amide bonds.